The number of rotatable bonds is 4. The molecule has 0 radical (unpaired) electrons. The van der Waals surface area contributed by atoms with E-state index in [-0.39, 0.29) is 10.8 Å². The van der Waals surface area contributed by atoms with Crippen LogP contribution in [0.3, 0.4) is 0 Å². The molecule has 0 bridgehead atoms. The van der Waals surface area contributed by atoms with Crippen LogP contribution in [0.5, 0.6) is 0 Å². The van der Waals surface area contributed by atoms with Crippen molar-refractivity contribution in [2.24, 2.45) is 0 Å². The quantitative estimate of drug-likeness (QED) is 0.224. The molecule has 1 nitrogen and oxygen atoms in total. The lowest BCUT2D eigenvalue weighted by atomic mass is 9.82. The summed E-state index contributed by atoms with van der Waals surface area (Å²) in [5, 5.41) is 0. The van der Waals surface area contributed by atoms with Crippen molar-refractivity contribution >= 4 is 48.9 Å². The zero-order chi connectivity index (χ0) is 25.8. The van der Waals surface area contributed by atoms with Crippen LogP contribution in [0.2, 0.25) is 0 Å². The zero-order valence-corrected chi connectivity index (χ0v) is 25.1. The van der Waals surface area contributed by atoms with Gasteiger partial charge in [0.1, 0.15) is 0 Å². The van der Waals surface area contributed by atoms with Crippen LogP contribution >= 0.6 is 31.9 Å². The average Bonchev–Trinajstić information content (AvgIpc) is 3.00. The second kappa shape index (κ2) is 9.19. The van der Waals surface area contributed by atoms with Crippen molar-refractivity contribution in [3.05, 3.63) is 110 Å². The van der Waals surface area contributed by atoms with Crippen molar-refractivity contribution in [1.29, 1.82) is 0 Å². The van der Waals surface area contributed by atoms with Crippen molar-refractivity contribution in [2.75, 3.05) is 4.90 Å². The van der Waals surface area contributed by atoms with E-state index in [1.54, 1.807) is 0 Å². The first-order valence-electron chi connectivity index (χ1n) is 12.5. The van der Waals surface area contributed by atoms with E-state index in [2.05, 4.69) is 157 Å². The highest BCUT2D eigenvalue weighted by molar-refractivity contribution is 9.10. The number of aryl methyl sites for hydroxylation is 2. The second-order valence-corrected chi connectivity index (χ2v) is 13.3. The van der Waals surface area contributed by atoms with Crippen LogP contribution < -0.4 is 4.90 Å². The molecular weight excluding hydrogens is 570 g/mol. The summed E-state index contributed by atoms with van der Waals surface area (Å²) >= 11 is 7.26. The maximum absolute atomic E-state index is 3.63. The molecule has 5 rings (SSSR count). The Hall–Kier alpha value is -2.36. The molecule has 1 aliphatic rings. The standard InChI is InChI=1S/C33H33Br2N/c1-21-17-25(34)10-15-30(21)36(31-16-11-26(35)18-22(31)2)27-12-7-23(8-13-27)24-9-14-28-29(19-24)33(5,6)20-32(28,3)4/h7-19H,20H2,1-6H3. The molecule has 0 N–H and O–H groups in total. The third-order valence-electron chi connectivity index (χ3n) is 7.62. The Labute approximate surface area is 232 Å². The van der Waals surface area contributed by atoms with Gasteiger partial charge in [-0.3, -0.25) is 0 Å². The zero-order valence-electron chi connectivity index (χ0n) is 21.9. The monoisotopic (exact) mass is 601 g/mol. The average molecular weight is 603 g/mol. The van der Waals surface area contributed by atoms with Gasteiger partial charge in [0.2, 0.25) is 0 Å². The van der Waals surface area contributed by atoms with Crippen LogP contribution in [0.25, 0.3) is 11.1 Å². The molecule has 0 heterocycles. The molecule has 1 aliphatic carbocycles. The molecule has 0 aromatic heterocycles. The van der Waals surface area contributed by atoms with E-state index >= 15 is 0 Å². The molecule has 0 aliphatic heterocycles. The normalized spacial score (nSPS) is 15.6. The molecule has 4 aromatic carbocycles. The number of anilines is 3. The Kier molecular flexibility index (Phi) is 6.46. The molecule has 0 saturated carbocycles. The van der Waals surface area contributed by atoms with Crippen LogP contribution in [0, 0.1) is 13.8 Å². The third kappa shape index (κ3) is 4.57. The summed E-state index contributed by atoms with van der Waals surface area (Å²) in [4.78, 5) is 2.36. The Morgan fingerprint density at radius 1 is 0.583 bits per heavy atom. The molecule has 0 fully saturated rings. The predicted octanol–water partition coefficient (Wildman–Crippen LogP) is 10.9. The number of halogens is 2. The molecule has 0 spiro atoms. The van der Waals surface area contributed by atoms with Crippen molar-refractivity contribution in [3.63, 3.8) is 0 Å². The number of fused-ring (bicyclic) bond motifs is 1. The summed E-state index contributed by atoms with van der Waals surface area (Å²) in [6.45, 7) is 13.8. The Bertz CT molecular complexity index is 1400. The highest BCUT2D eigenvalue weighted by atomic mass is 79.9. The lowest BCUT2D eigenvalue weighted by Gasteiger charge is -2.29. The molecule has 184 valence electrons. The van der Waals surface area contributed by atoms with E-state index in [1.807, 2.05) is 0 Å². The van der Waals surface area contributed by atoms with Crippen molar-refractivity contribution in [2.45, 2.75) is 58.8 Å². The van der Waals surface area contributed by atoms with Gasteiger partial charge in [-0.25, -0.2) is 0 Å². The van der Waals surface area contributed by atoms with E-state index in [0.717, 1.165) is 14.6 Å². The predicted molar refractivity (Wildman–Crippen MR) is 162 cm³/mol. The SMILES string of the molecule is Cc1cc(Br)ccc1N(c1ccc(-c2ccc3c(c2)C(C)(C)CC3(C)C)cc1)c1ccc(Br)cc1C. The lowest BCUT2D eigenvalue weighted by Crippen LogP contribution is -2.17. The van der Waals surface area contributed by atoms with Gasteiger partial charge in [0.15, 0.2) is 0 Å². The first-order chi connectivity index (χ1) is 17.0. The van der Waals surface area contributed by atoms with E-state index in [0.29, 0.717) is 0 Å². The smallest absolute Gasteiger partial charge is 0.0491 e. The molecule has 0 atom stereocenters. The van der Waals surface area contributed by atoms with Gasteiger partial charge >= 0.3 is 0 Å². The van der Waals surface area contributed by atoms with E-state index in [1.165, 1.54) is 51.2 Å². The molecule has 0 unspecified atom stereocenters. The Balaban J connectivity index is 1.58. The van der Waals surface area contributed by atoms with Gasteiger partial charge < -0.3 is 4.90 Å². The van der Waals surface area contributed by atoms with Gasteiger partial charge in [0.25, 0.3) is 0 Å². The molecule has 0 saturated heterocycles. The van der Waals surface area contributed by atoms with E-state index < -0.39 is 0 Å². The summed E-state index contributed by atoms with van der Waals surface area (Å²) in [5.74, 6) is 0. The largest absolute Gasteiger partial charge is 0.310 e. The number of benzene rings is 4. The minimum atomic E-state index is 0.198. The van der Waals surface area contributed by atoms with Gasteiger partial charge in [0, 0.05) is 26.0 Å². The molecular formula is C33H33Br2N. The summed E-state index contributed by atoms with van der Waals surface area (Å²) in [6.07, 6.45) is 1.19. The minimum absolute atomic E-state index is 0.198. The fraction of sp³-hybridized carbons (Fsp3) is 0.273. The maximum atomic E-state index is 3.63. The topological polar surface area (TPSA) is 3.24 Å². The molecule has 3 heteroatoms. The number of hydrogen-bond donors (Lipinski definition) is 0. The van der Waals surface area contributed by atoms with E-state index in [9.17, 15) is 0 Å². The fourth-order valence-electron chi connectivity index (χ4n) is 6.12. The number of nitrogens with zero attached hydrogens (tertiary/aromatic N) is 1. The summed E-state index contributed by atoms with van der Waals surface area (Å²) in [5.41, 5.74) is 11.9. The van der Waals surface area contributed by atoms with Gasteiger partial charge in [-0.05, 0) is 113 Å². The summed E-state index contributed by atoms with van der Waals surface area (Å²) in [7, 11) is 0. The van der Waals surface area contributed by atoms with Crippen LogP contribution in [-0.2, 0) is 10.8 Å². The summed E-state index contributed by atoms with van der Waals surface area (Å²) < 4.78 is 2.18. The summed E-state index contributed by atoms with van der Waals surface area (Å²) in [6, 6.07) is 29.1. The second-order valence-electron chi connectivity index (χ2n) is 11.4. The first-order valence-corrected chi connectivity index (χ1v) is 14.1. The Morgan fingerprint density at radius 3 is 1.61 bits per heavy atom. The van der Waals surface area contributed by atoms with Crippen molar-refractivity contribution in [1.82, 2.24) is 0 Å². The highest BCUT2D eigenvalue weighted by Crippen LogP contribution is 2.50. The first kappa shape index (κ1) is 25.3. The van der Waals surface area contributed by atoms with Crippen LogP contribution in [0.1, 0.15) is 56.4 Å². The third-order valence-corrected chi connectivity index (χ3v) is 8.61. The van der Waals surface area contributed by atoms with Crippen LogP contribution in [0.4, 0.5) is 17.1 Å². The Morgan fingerprint density at radius 2 is 1.08 bits per heavy atom. The van der Waals surface area contributed by atoms with Crippen molar-refractivity contribution < 1.29 is 0 Å². The van der Waals surface area contributed by atoms with E-state index in [4.69, 9.17) is 0 Å². The van der Waals surface area contributed by atoms with Crippen LogP contribution in [-0.4, -0.2) is 0 Å². The van der Waals surface area contributed by atoms with Gasteiger partial charge in [0.05, 0.1) is 0 Å². The van der Waals surface area contributed by atoms with Gasteiger partial charge in [-0.15, -0.1) is 0 Å². The van der Waals surface area contributed by atoms with Crippen molar-refractivity contribution in [3.8, 4) is 11.1 Å². The minimum Gasteiger partial charge on any atom is -0.310 e. The molecule has 0 amide bonds. The maximum Gasteiger partial charge on any atom is 0.0491 e. The molecule has 4 aromatic rings. The van der Waals surface area contributed by atoms with Gasteiger partial charge in [-0.2, -0.15) is 0 Å². The highest BCUT2D eigenvalue weighted by Gasteiger charge is 2.41. The lowest BCUT2D eigenvalue weighted by molar-refractivity contribution is 0.403. The molecule has 36 heavy (non-hydrogen) atoms. The van der Waals surface area contributed by atoms with Crippen LogP contribution in [0.15, 0.2) is 87.8 Å². The fourth-order valence-corrected chi connectivity index (χ4v) is 7.07. The number of hydrogen-bond acceptors (Lipinski definition) is 1. The van der Waals surface area contributed by atoms with Gasteiger partial charge in [-0.1, -0.05) is 89.9 Å².